The first-order chi connectivity index (χ1) is 8.11. The molecule has 0 saturated carbocycles. The summed E-state index contributed by atoms with van der Waals surface area (Å²) >= 11 is 5.25. The molecule has 0 aliphatic rings. The molecule has 0 bridgehead atoms. The van der Waals surface area contributed by atoms with Gasteiger partial charge in [0, 0.05) is 18.8 Å². The van der Waals surface area contributed by atoms with Crippen LogP contribution in [0.3, 0.4) is 0 Å². The number of hydrogen-bond acceptors (Lipinski definition) is 3. The Hall–Kier alpha value is -0.760. The molecular weight excluding hydrogens is 400 g/mol. The van der Waals surface area contributed by atoms with Crippen molar-refractivity contribution in [1.29, 1.82) is 0 Å². The van der Waals surface area contributed by atoms with E-state index in [0.29, 0.717) is 15.9 Å². The fourth-order valence-electron chi connectivity index (χ4n) is 1.32. The molecule has 1 N–H and O–H groups in total. The van der Waals surface area contributed by atoms with Crippen molar-refractivity contribution in [2.45, 2.75) is 0 Å². The van der Waals surface area contributed by atoms with Crippen LogP contribution in [0.15, 0.2) is 28.9 Å². The Morgan fingerprint density at radius 2 is 2.18 bits per heavy atom. The highest BCUT2D eigenvalue weighted by molar-refractivity contribution is 14.1. The summed E-state index contributed by atoms with van der Waals surface area (Å²) in [4.78, 5) is 8.51. The van der Waals surface area contributed by atoms with Crippen LogP contribution in [0.2, 0.25) is 0 Å². The monoisotopic (exact) mass is 407 g/mol. The molecule has 17 heavy (non-hydrogen) atoms. The van der Waals surface area contributed by atoms with Gasteiger partial charge in [-0.3, -0.25) is 0 Å². The zero-order valence-corrected chi connectivity index (χ0v) is 12.6. The third-order valence-electron chi connectivity index (χ3n) is 2.16. The average Bonchev–Trinajstić information content (AvgIpc) is 2.33. The van der Waals surface area contributed by atoms with Crippen LogP contribution in [-0.4, -0.2) is 17.0 Å². The average molecular weight is 408 g/mol. The lowest BCUT2D eigenvalue weighted by atomic mass is 10.2. The smallest absolute Gasteiger partial charge is 0.161 e. The molecular formula is C11H8BrFIN3. The van der Waals surface area contributed by atoms with E-state index in [2.05, 4.69) is 53.8 Å². The second-order valence-electron chi connectivity index (χ2n) is 3.27. The predicted molar refractivity (Wildman–Crippen MR) is 77.4 cm³/mol. The number of aromatic nitrogens is 2. The molecule has 1 aromatic heterocycles. The summed E-state index contributed by atoms with van der Waals surface area (Å²) in [6.45, 7) is 0. The van der Waals surface area contributed by atoms with Crippen molar-refractivity contribution in [2.75, 3.05) is 12.4 Å². The molecule has 0 saturated heterocycles. The van der Waals surface area contributed by atoms with Crippen molar-refractivity contribution in [1.82, 2.24) is 9.97 Å². The molecule has 88 valence electrons. The lowest BCUT2D eigenvalue weighted by Crippen LogP contribution is -1.99. The number of hydrogen-bond donors (Lipinski definition) is 1. The van der Waals surface area contributed by atoms with Gasteiger partial charge in [-0.2, -0.15) is 0 Å². The van der Waals surface area contributed by atoms with Gasteiger partial charge in [-0.05, 0) is 56.7 Å². The van der Waals surface area contributed by atoms with Crippen LogP contribution in [-0.2, 0) is 0 Å². The fraction of sp³-hybridized carbons (Fsp3) is 0.0909. The number of benzene rings is 1. The molecule has 3 nitrogen and oxygen atoms in total. The van der Waals surface area contributed by atoms with Crippen LogP contribution in [0.1, 0.15) is 0 Å². The number of nitrogens with zero attached hydrogens (tertiary/aromatic N) is 2. The second kappa shape index (κ2) is 5.26. The summed E-state index contributed by atoms with van der Waals surface area (Å²) < 4.78 is 14.8. The van der Waals surface area contributed by atoms with Gasteiger partial charge in [-0.25, -0.2) is 14.4 Å². The van der Waals surface area contributed by atoms with E-state index in [9.17, 15) is 4.39 Å². The Labute approximate surface area is 120 Å². The largest absolute Gasteiger partial charge is 0.372 e. The normalized spacial score (nSPS) is 10.4. The maximum Gasteiger partial charge on any atom is 0.161 e. The first-order valence-electron chi connectivity index (χ1n) is 4.77. The Bertz CT molecular complexity index is 562. The molecule has 0 aliphatic heterocycles. The van der Waals surface area contributed by atoms with E-state index in [1.54, 1.807) is 25.4 Å². The van der Waals surface area contributed by atoms with E-state index in [1.807, 2.05) is 0 Å². The predicted octanol–water partition coefficient (Wildman–Crippen LogP) is 3.69. The van der Waals surface area contributed by atoms with Gasteiger partial charge in [0.2, 0.25) is 0 Å². The lowest BCUT2D eigenvalue weighted by molar-refractivity contribution is 0.621. The van der Waals surface area contributed by atoms with Crippen molar-refractivity contribution < 1.29 is 4.39 Å². The Kier molecular flexibility index (Phi) is 3.93. The van der Waals surface area contributed by atoms with Gasteiger partial charge in [0.15, 0.2) is 5.82 Å². The fourth-order valence-corrected chi connectivity index (χ4v) is 2.09. The molecule has 0 amide bonds. The van der Waals surface area contributed by atoms with E-state index in [-0.39, 0.29) is 5.82 Å². The molecule has 0 aliphatic carbocycles. The number of anilines is 1. The third kappa shape index (κ3) is 2.74. The summed E-state index contributed by atoms with van der Waals surface area (Å²) in [5.41, 5.74) is 0.651. The van der Waals surface area contributed by atoms with E-state index in [1.165, 1.54) is 6.07 Å². The summed E-state index contributed by atoms with van der Waals surface area (Å²) in [5.74, 6) is 0.913. The quantitative estimate of drug-likeness (QED) is 0.771. The van der Waals surface area contributed by atoms with Crippen LogP contribution < -0.4 is 5.32 Å². The van der Waals surface area contributed by atoms with Crippen molar-refractivity contribution in [3.05, 3.63) is 38.3 Å². The van der Waals surface area contributed by atoms with Crippen LogP contribution in [0.4, 0.5) is 10.2 Å². The molecule has 0 spiro atoms. The summed E-state index contributed by atoms with van der Waals surface area (Å²) in [6.07, 6.45) is 1.70. The molecule has 1 heterocycles. The minimum Gasteiger partial charge on any atom is -0.372 e. The molecule has 0 fully saturated rings. The maximum absolute atomic E-state index is 13.4. The van der Waals surface area contributed by atoms with Gasteiger partial charge in [-0.1, -0.05) is 0 Å². The zero-order chi connectivity index (χ0) is 12.4. The topological polar surface area (TPSA) is 37.8 Å². The van der Waals surface area contributed by atoms with E-state index in [4.69, 9.17) is 0 Å². The number of halogens is 3. The summed E-state index contributed by atoms with van der Waals surface area (Å²) in [6, 6.07) is 4.82. The summed E-state index contributed by atoms with van der Waals surface area (Å²) in [7, 11) is 1.79. The molecule has 0 atom stereocenters. The van der Waals surface area contributed by atoms with Gasteiger partial charge in [0.25, 0.3) is 0 Å². The molecule has 0 unspecified atom stereocenters. The first-order valence-corrected chi connectivity index (χ1v) is 6.64. The number of rotatable bonds is 2. The molecule has 6 heteroatoms. The Balaban J connectivity index is 2.49. The third-order valence-corrected chi connectivity index (χ3v) is 3.59. The highest BCUT2D eigenvalue weighted by Crippen LogP contribution is 2.24. The maximum atomic E-state index is 13.4. The molecule has 0 radical (unpaired) electrons. The van der Waals surface area contributed by atoms with E-state index in [0.717, 1.165) is 9.39 Å². The lowest BCUT2D eigenvalue weighted by Gasteiger charge is -2.06. The minimum atomic E-state index is -0.323. The van der Waals surface area contributed by atoms with Crippen molar-refractivity contribution in [2.24, 2.45) is 0 Å². The van der Waals surface area contributed by atoms with Crippen molar-refractivity contribution in [3.63, 3.8) is 0 Å². The number of nitrogens with one attached hydrogen (secondary N) is 1. The second-order valence-corrected chi connectivity index (χ2v) is 5.29. The first kappa shape index (κ1) is 12.7. The van der Waals surface area contributed by atoms with Crippen molar-refractivity contribution >= 4 is 44.3 Å². The van der Waals surface area contributed by atoms with Gasteiger partial charge in [0.05, 0.1) is 8.04 Å². The van der Waals surface area contributed by atoms with E-state index < -0.39 is 0 Å². The van der Waals surface area contributed by atoms with Crippen LogP contribution in [0, 0.1) is 9.39 Å². The zero-order valence-electron chi connectivity index (χ0n) is 8.84. The van der Waals surface area contributed by atoms with Crippen LogP contribution in [0.5, 0.6) is 0 Å². The minimum absolute atomic E-state index is 0.323. The van der Waals surface area contributed by atoms with Crippen LogP contribution in [0.25, 0.3) is 11.4 Å². The molecule has 2 aromatic rings. The standard InChI is InChI=1S/C11H8BrFIN3/c1-15-11-9(14)5-16-10(17-11)6-2-3-7(12)8(13)4-6/h2-5H,1H3,(H,15,16,17). The molecule has 1 aromatic carbocycles. The highest BCUT2D eigenvalue weighted by Gasteiger charge is 2.08. The van der Waals surface area contributed by atoms with E-state index >= 15 is 0 Å². The summed E-state index contributed by atoms with van der Waals surface area (Å²) in [5, 5.41) is 2.97. The SMILES string of the molecule is CNc1nc(-c2ccc(Br)c(F)c2)ncc1I. The van der Waals surface area contributed by atoms with Gasteiger partial charge >= 0.3 is 0 Å². The Morgan fingerprint density at radius 3 is 2.82 bits per heavy atom. The molecule has 2 rings (SSSR count). The van der Waals surface area contributed by atoms with Gasteiger partial charge in [-0.15, -0.1) is 0 Å². The van der Waals surface area contributed by atoms with Gasteiger partial charge in [0.1, 0.15) is 11.6 Å². The van der Waals surface area contributed by atoms with Crippen LogP contribution >= 0.6 is 38.5 Å². The Morgan fingerprint density at radius 1 is 1.41 bits per heavy atom. The van der Waals surface area contributed by atoms with Crippen molar-refractivity contribution in [3.8, 4) is 11.4 Å². The highest BCUT2D eigenvalue weighted by atomic mass is 127. The van der Waals surface area contributed by atoms with Gasteiger partial charge < -0.3 is 5.32 Å².